The number of hydrogen-bond donors (Lipinski definition) is 1. The first-order valence-electron chi connectivity index (χ1n) is 10.7. The standard InChI is InChI=1S/C27H22ClFO5/c28-22-12-11-18(14-23(22)29)13-21-15-27(16-30,34-25(21)31)17-33-26(32)24(19-7-3-1-4-8-19)20-9-5-2-6-10-20/h1-14,24,30H,15-17H2/b21-13-. The summed E-state index contributed by atoms with van der Waals surface area (Å²) in [7, 11) is 0. The Hall–Kier alpha value is -3.48. The summed E-state index contributed by atoms with van der Waals surface area (Å²) in [4.78, 5) is 25.6. The van der Waals surface area contributed by atoms with Gasteiger partial charge in [-0.15, -0.1) is 0 Å². The molecule has 174 valence electrons. The Bertz CT molecular complexity index is 1170. The average Bonchev–Trinajstić information content (AvgIpc) is 3.17. The van der Waals surface area contributed by atoms with Crippen molar-refractivity contribution in [3.63, 3.8) is 0 Å². The minimum absolute atomic E-state index is 0.00119. The summed E-state index contributed by atoms with van der Waals surface area (Å²) in [5, 5.41) is 9.98. The highest BCUT2D eigenvalue weighted by Crippen LogP contribution is 2.34. The second-order valence-electron chi connectivity index (χ2n) is 8.11. The van der Waals surface area contributed by atoms with Gasteiger partial charge in [-0.2, -0.15) is 0 Å². The van der Waals surface area contributed by atoms with Crippen LogP contribution in [0.25, 0.3) is 6.08 Å². The molecule has 0 aliphatic carbocycles. The molecule has 0 aromatic heterocycles. The first kappa shape index (κ1) is 23.7. The summed E-state index contributed by atoms with van der Waals surface area (Å²) in [6.07, 6.45) is 1.47. The predicted molar refractivity (Wildman–Crippen MR) is 126 cm³/mol. The van der Waals surface area contributed by atoms with Gasteiger partial charge in [0.1, 0.15) is 18.3 Å². The number of rotatable bonds is 7. The Kier molecular flexibility index (Phi) is 7.10. The lowest BCUT2D eigenvalue weighted by atomic mass is 9.91. The average molecular weight is 481 g/mol. The Labute approximate surface area is 201 Å². The zero-order valence-electron chi connectivity index (χ0n) is 18.1. The van der Waals surface area contributed by atoms with Crippen molar-refractivity contribution in [2.75, 3.05) is 13.2 Å². The molecule has 0 radical (unpaired) electrons. The van der Waals surface area contributed by atoms with Crippen molar-refractivity contribution in [3.05, 3.63) is 112 Å². The van der Waals surface area contributed by atoms with Gasteiger partial charge in [0.05, 0.1) is 11.6 Å². The molecule has 34 heavy (non-hydrogen) atoms. The van der Waals surface area contributed by atoms with Gasteiger partial charge < -0.3 is 14.6 Å². The summed E-state index contributed by atoms with van der Waals surface area (Å²) in [6, 6.07) is 22.6. The van der Waals surface area contributed by atoms with Crippen molar-refractivity contribution < 1.29 is 28.6 Å². The van der Waals surface area contributed by atoms with Crippen LogP contribution < -0.4 is 0 Å². The molecule has 1 atom stereocenters. The molecule has 3 aromatic carbocycles. The van der Waals surface area contributed by atoms with E-state index in [-0.39, 0.29) is 23.6 Å². The third-order valence-corrected chi connectivity index (χ3v) is 5.94. The Morgan fingerprint density at radius 1 is 1.09 bits per heavy atom. The maximum atomic E-state index is 13.8. The molecule has 0 saturated carbocycles. The van der Waals surface area contributed by atoms with Crippen LogP contribution in [0.4, 0.5) is 4.39 Å². The van der Waals surface area contributed by atoms with E-state index >= 15 is 0 Å². The lowest BCUT2D eigenvalue weighted by molar-refractivity contribution is -0.166. The second kappa shape index (κ2) is 10.2. The normalized spacial score (nSPS) is 18.8. The lowest BCUT2D eigenvalue weighted by Gasteiger charge is -2.26. The van der Waals surface area contributed by atoms with Crippen molar-refractivity contribution in [1.29, 1.82) is 0 Å². The molecule has 3 aromatic rings. The third kappa shape index (κ3) is 5.19. The van der Waals surface area contributed by atoms with E-state index < -0.39 is 35.9 Å². The lowest BCUT2D eigenvalue weighted by Crippen LogP contribution is -2.40. The highest BCUT2D eigenvalue weighted by atomic mass is 35.5. The molecule has 0 amide bonds. The van der Waals surface area contributed by atoms with E-state index in [9.17, 15) is 19.1 Å². The van der Waals surface area contributed by atoms with Crippen LogP contribution in [0, 0.1) is 5.82 Å². The number of hydrogen-bond acceptors (Lipinski definition) is 5. The van der Waals surface area contributed by atoms with E-state index in [1.54, 1.807) is 6.07 Å². The van der Waals surface area contributed by atoms with Gasteiger partial charge in [-0.1, -0.05) is 78.3 Å². The predicted octanol–water partition coefficient (Wildman–Crippen LogP) is 4.92. The molecule has 1 N–H and O–H groups in total. The molecule has 0 bridgehead atoms. The first-order valence-corrected chi connectivity index (χ1v) is 11.0. The molecule has 7 heteroatoms. The second-order valence-corrected chi connectivity index (χ2v) is 8.52. The summed E-state index contributed by atoms with van der Waals surface area (Å²) in [6.45, 7) is -0.865. The van der Waals surface area contributed by atoms with Gasteiger partial charge in [0.15, 0.2) is 5.60 Å². The van der Waals surface area contributed by atoms with Gasteiger partial charge in [-0.25, -0.2) is 9.18 Å². The minimum Gasteiger partial charge on any atom is -0.461 e. The van der Waals surface area contributed by atoms with Gasteiger partial charge in [0.2, 0.25) is 0 Å². The number of ether oxygens (including phenoxy) is 2. The molecule has 1 heterocycles. The minimum atomic E-state index is -1.42. The SMILES string of the molecule is O=C1OC(CO)(COC(=O)C(c2ccccc2)c2ccccc2)C/C1=C/c1ccc(Cl)c(F)c1. The van der Waals surface area contributed by atoms with Crippen molar-refractivity contribution in [3.8, 4) is 0 Å². The molecule has 0 spiro atoms. The van der Waals surface area contributed by atoms with E-state index in [0.29, 0.717) is 5.56 Å². The van der Waals surface area contributed by atoms with Gasteiger partial charge in [-0.3, -0.25) is 4.79 Å². The van der Waals surface area contributed by atoms with Gasteiger partial charge in [0, 0.05) is 12.0 Å². The summed E-state index contributed by atoms with van der Waals surface area (Å²) < 4.78 is 24.8. The van der Waals surface area contributed by atoms with Gasteiger partial charge in [0.25, 0.3) is 0 Å². The largest absolute Gasteiger partial charge is 0.461 e. The zero-order chi connectivity index (χ0) is 24.1. The van der Waals surface area contributed by atoms with E-state index in [1.807, 2.05) is 60.7 Å². The number of aliphatic hydroxyl groups is 1. The van der Waals surface area contributed by atoms with Crippen LogP contribution in [0.15, 0.2) is 84.4 Å². The van der Waals surface area contributed by atoms with Crippen LogP contribution in [-0.4, -0.2) is 35.9 Å². The number of cyclic esters (lactones) is 1. The topological polar surface area (TPSA) is 72.8 Å². The Morgan fingerprint density at radius 3 is 2.26 bits per heavy atom. The van der Waals surface area contributed by atoms with E-state index in [4.69, 9.17) is 21.1 Å². The monoisotopic (exact) mass is 480 g/mol. The van der Waals surface area contributed by atoms with Crippen molar-refractivity contribution in [1.82, 2.24) is 0 Å². The highest BCUT2D eigenvalue weighted by molar-refractivity contribution is 6.30. The van der Waals surface area contributed by atoms with Crippen molar-refractivity contribution in [2.24, 2.45) is 0 Å². The van der Waals surface area contributed by atoms with Gasteiger partial charge >= 0.3 is 11.9 Å². The number of esters is 2. The molecule has 1 unspecified atom stereocenters. The Balaban J connectivity index is 1.52. The fraction of sp³-hybridized carbons (Fsp3) is 0.185. The van der Waals surface area contributed by atoms with Crippen LogP contribution in [0.5, 0.6) is 0 Å². The van der Waals surface area contributed by atoms with Crippen LogP contribution in [0.3, 0.4) is 0 Å². The summed E-state index contributed by atoms with van der Waals surface area (Å²) >= 11 is 5.71. The molecule has 5 nitrogen and oxygen atoms in total. The molecule has 1 aliphatic rings. The maximum Gasteiger partial charge on any atom is 0.334 e. The number of halogens is 2. The smallest absolute Gasteiger partial charge is 0.334 e. The van der Waals surface area contributed by atoms with Crippen LogP contribution in [0.1, 0.15) is 29.0 Å². The van der Waals surface area contributed by atoms with Crippen LogP contribution in [-0.2, 0) is 19.1 Å². The van der Waals surface area contributed by atoms with Gasteiger partial charge in [-0.05, 0) is 34.9 Å². The quantitative estimate of drug-likeness (QED) is 0.384. The van der Waals surface area contributed by atoms with E-state index in [1.165, 1.54) is 18.2 Å². The van der Waals surface area contributed by atoms with Crippen LogP contribution in [0.2, 0.25) is 5.02 Å². The first-order chi connectivity index (χ1) is 16.4. The van der Waals surface area contributed by atoms with Crippen molar-refractivity contribution >= 4 is 29.6 Å². The number of carbonyl (C=O) groups is 2. The fourth-order valence-corrected chi connectivity index (χ4v) is 4.00. The summed E-state index contributed by atoms with van der Waals surface area (Å²) in [5.41, 5.74) is 0.750. The van der Waals surface area contributed by atoms with Crippen molar-refractivity contribution in [2.45, 2.75) is 17.9 Å². The molecule has 4 rings (SSSR count). The summed E-state index contributed by atoms with van der Waals surface area (Å²) in [5.74, 6) is -2.48. The number of aliphatic hydroxyl groups excluding tert-OH is 1. The third-order valence-electron chi connectivity index (χ3n) is 5.64. The van der Waals surface area contributed by atoms with E-state index in [0.717, 1.165) is 11.1 Å². The van der Waals surface area contributed by atoms with Crippen LogP contribution >= 0.6 is 11.6 Å². The number of carbonyl (C=O) groups excluding carboxylic acids is 2. The highest BCUT2D eigenvalue weighted by Gasteiger charge is 2.45. The molecule has 1 fully saturated rings. The zero-order valence-corrected chi connectivity index (χ0v) is 18.9. The molecule has 1 saturated heterocycles. The Morgan fingerprint density at radius 2 is 1.71 bits per heavy atom. The molecular formula is C27H22ClFO5. The molecule has 1 aliphatic heterocycles. The maximum absolute atomic E-state index is 13.8. The van der Waals surface area contributed by atoms with E-state index in [2.05, 4.69) is 0 Å². The number of benzene rings is 3. The molecular weight excluding hydrogens is 459 g/mol. The fourth-order valence-electron chi connectivity index (χ4n) is 3.89.